The van der Waals surface area contributed by atoms with Gasteiger partial charge in [-0.25, -0.2) is 9.59 Å². The average Bonchev–Trinajstić information content (AvgIpc) is 2.97. The third-order valence-corrected chi connectivity index (χ3v) is 7.48. The number of rotatable bonds is 3. The zero-order valence-electron chi connectivity index (χ0n) is 18.5. The smallest absolute Gasteiger partial charge is 0.410 e. The third-order valence-electron chi connectivity index (χ3n) is 7.48. The summed E-state index contributed by atoms with van der Waals surface area (Å²) in [4.78, 5) is 38.9. The van der Waals surface area contributed by atoms with Gasteiger partial charge >= 0.3 is 12.2 Å². The molecule has 5 aliphatic rings. The van der Waals surface area contributed by atoms with Crippen LogP contribution in [0.25, 0.3) is 0 Å². The molecule has 5 rings (SSSR count). The molecule has 5 fully saturated rings. The number of hydrogen-bond donors (Lipinski definition) is 2. The highest BCUT2D eigenvalue weighted by atomic mass is 16.6. The fraction of sp³-hybridized carbons (Fsp3) is 0.864. The molecular weight excluding hydrogens is 386 g/mol. The van der Waals surface area contributed by atoms with E-state index in [1.807, 2.05) is 27.7 Å². The van der Waals surface area contributed by atoms with Gasteiger partial charge in [0.1, 0.15) is 11.7 Å². The Kier molecular flexibility index (Phi) is 4.97. The molecule has 0 spiro atoms. The van der Waals surface area contributed by atoms with Crippen LogP contribution in [0.2, 0.25) is 0 Å². The van der Waals surface area contributed by atoms with Crippen LogP contribution in [0.1, 0.15) is 66.2 Å². The Hall–Kier alpha value is -1.99. The molecule has 4 aliphatic carbocycles. The lowest BCUT2D eigenvalue weighted by Crippen LogP contribution is -2.59. The number of hydrogen-bond acceptors (Lipinski definition) is 5. The first-order valence-electron chi connectivity index (χ1n) is 11.1. The van der Waals surface area contributed by atoms with E-state index in [0.717, 1.165) is 32.1 Å². The maximum Gasteiger partial charge on any atom is 0.410 e. The molecule has 3 N–H and O–H groups in total. The van der Waals surface area contributed by atoms with E-state index in [0.29, 0.717) is 25.4 Å². The predicted octanol–water partition coefficient (Wildman–Crippen LogP) is 2.79. The first-order valence-corrected chi connectivity index (χ1v) is 11.1. The second-order valence-corrected chi connectivity index (χ2v) is 11.3. The normalized spacial score (nSPS) is 39.7. The van der Waals surface area contributed by atoms with E-state index in [1.165, 1.54) is 0 Å². The molecule has 1 aliphatic heterocycles. The van der Waals surface area contributed by atoms with Crippen LogP contribution in [0.5, 0.6) is 0 Å². The van der Waals surface area contributed by atoms with Crippen LogP contribution in [-0.4, -0.2) is 53.3 Å². The number of nitrogens with one attached hydrogen (secondary N) is 1. The van der Waals surface area contributed by atoms with Gasteiger partial charge in [-0.05, 0) is 84.0 Å². The van der Waals surface area contributed by atoms with E-state index < -0.39 is 17.2 Å². The van der Waals surface area contributed by atoms with Crippen LogP contribution in [0.15, 0.2) is 0 Å². The van der Waals surface area contributed by atoms with E-state index in [9.17, 15) is 14.4 Å². The van der Waals surface area contributed by atoms with Gasteiger partial charge < -0.3 is 25.4 Å². The summed E-state index contributed by atoms with van der Waals surface area (Å²) in [5.74, 6) is 0.788. The number of carbonyl (C=O) groups excluding carboxylic acids is 3. The Morgan fingerprint density at radius 2 is 1.73 bits per heavy atom. The van der Waals surface area contributed by atoms with Crippen molar-refractivity contribution < 1.29 is 23.9 Å². The summed E-state index contributed by atoms with van der Waals surface area (Å²) in [6.45, 7) is 8.30. The standard InChI is InChI=1S/C22H35N3O5/c1-20(2,3)30-18(27)24-21(4)5-6-25(12-21)19(28)29-16-14-7-13-8-15(16)11-22(9-13,10-14)17(23)26/h13-16H,5-12H2,1-4H3,(H2,23,26)(H,24,27)/t13?,14-,15?,16?,21?,22?/m1/s1. The minimum atomic E-state index is -0.570. The number of ether oxygens (including phenoxy) is 2. The maximum absolute atomic E-state index is 12.9. The first kappa shape index (κ1) is 21.2. The number of likely N-dealkylation sites (tertiary alicyclic amines) is 1. The molecule has 0 aromatic rings. The molecule has 4 bridgehead atoms. The van der Waals surface area contributed by atoms with Crippen LogP contribution >= 0.6 is 0 Å². The molecule has 8 heteroatoms. The van der Waals surface area contributed by atoms with Gasteiger partial charge in [-0.1, -0.05) is 0 Å². The van der Waals surface area contributed by atoms with E-state index in [2.05, 4.69) is 5.32 Å². The lowest BCUT2D eigenvalue weighted by molar-refractivity contribution is -0.161. The van der Waals surface area contributed by atoms with Crippen LogP contribution in [0.4, 0.5) is 9.59 Å². The van der Waals surface area contributed by atoms with Crippen LogP contribution in [-0.2, 0) is 14.3 Å². The molecule has 1 saturated heterocycles. The summed E-state index contributed by atoms with van der Waals surface area (Å²) in [6, 6.07) is 0. The summed E-state index contributed by atoms with van der Waals surface area (Å²) in [7, 11) is 0. The van der Waals surface area contributed by atoms with Gasteiger partial charge in [0.2, 0.25) is 5.91 Å². The number of nitrogens with zero attached hydrogens (tertiary/aromatic N) is 1. The van der Waals surface area contributed by atoms with Gasteiger partial charge in [-0.3, -0.25) is 4.79 Å². The quantitative estimate of drug-likeness (QED) is 0.728. The number of alkyl carbamates (subject to hydrolysis) is 1. The van der Waals surface area contributed by atoms with Crippen molar-refractivity contribution in [1.29, 1.82) is 0 Å². The number of nitrogens with two attached hydrogens (primary N) is 1. The molecule has 0 aromatic heterocycles. The topological polar surface area (TPSA) is 111 Å². The van der Waals surface area contributed by atoms with Gasteiger partial charge in [-0.2, -0.15) is 0 Å². The van der Waals surface area contributed by atoms with Crippen molar-refractivity contribution in [2.45, 2.75) is 83.5 Å². The van der Waals surface area contributed by atoms with Crippen molar-refractivity contribution in [3.63, 3.8) is 0 Å². The Morgan fingerprint density at radius 1 is 1.10 bits per heavy atom. The van der Waals surface area contributed by atoms with Gasteiger partial charge in [0.05, 0.1) is 11.0 Å². The molecule has 168 valence electrons. The fourth-order valence-electron chi connectivity index (χ4n) is 6.43. The SMILES string of the molecule is CC1(NC(=O)OC(C)(C)C)CCN(C(=O)OC2C3CC4C[C@@H]2CC(C(N)=O)(C4)C3)C1. The van der Waals surface area contributed by atoms with E-state index in [4.69, 9.17) is 15.2 Å². The van der Waals surface area contributed by atoms with Crippen molar-refractivity contribution in [3.8, 4) is 0 Å². The van der Waals surface area contributed by atoms with Gasteiger partial charge in [0.25, 0.3) is 0 Å². The fourth-order valence-corrected chi connectivity index (χ4v) is 6.43. The third kappa shape index (κ3) is 3.97. The van der Waals surface area contributed by atoms with Gasteiger partial charge in [-0.15, -0.1) is 0 Å². The summed E-state index contributed by atoms with van der Waals surface area (Å²) in [6.07, 6.45) is 4.13. The second-order valence-electron chi connectivity index (χ2n) is 11.3. The summed E-state index contributed by atoms with van der Waals surface area (Å²) >= 11 is 0. The average molecular weight is 422 g/mol. The maximum atomic E-state index is 12.9. The summed E-state index contributed by atoms with van der Waals surface area (Å²) in [5.41, 5.74) is 4.25. The Bertz CT molecular complexity index is 732. The number of carbonyl (C=O) groups is 3. The molecule has 30 heavy (non-hydrogen) atoms. The van der Waals surface area contributed by atoms with E-state index in [1.54, 1.807) is 4.90 Å². The van der Waals surface area contributed by atoms with Crippen molar-refractivity contribution in [2.75, 3.05) is 13.1 Å². The van der Waals surface area contributed by atoms with Crippen molar-refractivity contribution in [3.05, 3.63) is 0 Å². The molecule has 4 saturated carbocycles. The zero-order valence-corrected chi connectivity index (χ0v) is 18.5. The van der Waals surface area contributed by atoms with Crippen molar-refractivity contribution in [2.24, 2.45) is 28.9 Å². The first-order chi connectivity index (χ1) is 13.9. The molecule has 5 unspecified atom stereocenters. The minimum absolute atomic E-state index is 0.132. The Balaban J connectivity index is 1.34. The molecule has 8 nitrogen and oxygen atoms in total. The van der Waals surface area contributed by atoms with E-state index in [-0.39, 0.29) is 35.4 Å². The molecule has 6 atom stereocenters. The van der Waals surface area contributed by atoms with Crippen molar-refractivity contribution >= 4 is 18.1 Å². The van der Waals surface area contributed by atoms with Crippen molar-refractivity contribution in [1.82, 2.24) is 10.2 Å². The predicted molar refractivity (Wildman–Crippen MR) is 109 cm³/mol. The Morgan fingerprint density at radius 3 is 2.30 bits per heavy atom. The zero-order chi connectivity index (χ0) is 21.9. The highest BCUT2D eigenvalue weighted by molar-refractivity contribution is 5.81. The molecule has 0 aromatic carbocycles. The van der Waals surface area contributed by atoms with E-state index >= 15 is 0 Å². The highest BCUT2D eigenvalue weighted by Crippen LogP contribution is 2.60. The van der Waals surface area contributed by atoms with Crippen LogP contribution < -0.4 is 11.1 Å². The van der Waals surface area contributed by atoms with Crippen LogP contribution in [0, 0.1) is 23.2 Å². The van der Waals surface area contributed by atoms with Crippen LogP contribution in [0.3, 0.4) is 0 Å². The monoisotopic (exact) mass is 421 g/mol. The summed E-state index contributed by atoms with van der Waals surface area (Å²) < 4.78 is 11.4. The Labute approximate surface area is 178 Å². The molecule has 0 radical (unpaired) electrons. The van der Waals surface area contributed by atoms with Gasteiger partial charge in [0.15, 0.2) is 0 Å². The lowest BCUT2D eigenvalue weighted by Gasteiger charge is -2.58. The highest BCUT2D eigenvalue weighted by Gasteiger charge is 2.59. The molecule has 3 amide bonds. The van der Waals surface area contributed by atoms with Gasteiger partial charge in [0, 0.05) is 13.1 Å². The number of primary amides is 1. The second kappa shape index (κ2) is 7.02. The molecular formula is C22H35N3O5. The number of amides is 3. The largest absolute Gasteiger partial charge is 0.446 e. The summed E-state index contributed by atoms with van der Waals surface area (Å²) in [5, 5.41) is 2.91. The molecule has 1 heterocycles. The lowest BCUT2D eigenvalue weighted by atomic mass is 9.48. The minimum Gasteiger partial charge on any atom is -0.446 e.